The van der Waals surface area contributed by atoms with Crippen LogP contribution in [0.3, 0.4) is 0 Å². The number of aryl methyl sites for hydroxylation is 1. The molecule has 2 aromatic heterocycles. The zero-order valence-corrected chi connectivity index (χ0v) is 20.5. The van der Waals surface area contributed by atoms with Crippen LogP contribution in [0.25, 0.3) is 16.8 Å². The van der Waals surface area contributed by atoms with Crippen LogP contribution < -0.4 is 10.9 Å². The lowest BCUT2D eigenvalue weighted by molar-refractivity contribution is -0.113. The number of aromatic amines is 1. The van der Waals surface area contributed by atoms with Gasteiger partial charge in [-0.25, -0.2) is 9.61 Å². The molecule has 0 aliphatic rings. The second kappa shape index (κ2) is 10.7. The first-order chi connectivity index (χ1) is 16.4. The Morgan fingerprint density at radius 1 is 1.12 bits per heavy atom. The average molecular weight is 476 g/mol. The molecular weight excluding hydrogens is 446 g/mol. The summed E-state index contributed by atoms with van der Waals surface area (Å²) in [6.07, 6.45) is 3.35. The minimum atomic E-state index is -0.325. The van der Waals surface area contributed by atoms with E-state index in [1.54, 1.807) is 6.07 Å². The topological polar surface area (TPSA) is 92.1 Å². The number of nitrogens with one attached hydrogen (secondary N) is 2. The number of hydrogen-bond acceptors (Lipinski definition) is 5. The molecule has 0 radical (unpaired) electrons. The summed E-state index contributed by atoms with van der Waals surface area (Å²) in [6.45, 7) is 6.46. The molecule has 2 N–H and O–H groups in total. The smallest absolute Gasteiger partial charge is 0.290 e. The lowest BCUT2D eigenvalue weighted by Crippen LogP contribution is -2.17. The molecule has 34 heavy (non-hydrogen) atoms. The molecule has 0 unspecified atom stereocenters. The van der Waals surface area contributed by atoms with E-state index in [0.717, 1.165) is 30.5 Å². The standard InChI is InChI=1S/C26H29N5O2S/c1-4-5-6-18-7-13-21(14-8-18)27-24(32)16-34-26-29-28-25(33)23-15-22(30-31(23)26)20-11-9-19(10-12-20)17(2)3/h7-15,17H,4-6,16H2,1-3H3,(H,27,32)(H,28,33). The molecule has 8 heteroatoms. The van der Waals surface area contributed by atoms with Crippen molar-refractivity contribution in [1.82, 2.24) is 19.8 Å². The van der Waals surface area contributed by atoms with E-state index in [2.05, 4.69) is 53.5 Å². The monoisotopic (exact) mass is 475 g/mol. The third-order valence-electron chi connectivity index (χ3n) is 5.64. The normalized spacial score (nSPS) is 11.3. The summed E-state index contributed by atoms with van der Waals surface area (Å²) in [5.74, 6) is 0.434. The zero-order chi connectivity index (χ0) is 24.1. The van der Waals surface area contributed by atoms with Crippen LogP contribution in [0.2, 0.25) is 0 Å². The Bertz CT molecular complexity index is 1320. The highest BCUT2D eigenvalue weighted by atomic mass is 32.2. The second-order valence-electron chi connectivity index (χ2n) is 8.58. The number of anilines is 1. The number of aromatic nitrogens is 4. The molecule has 0 aliphatic heterocycles. The van der Waals surface area contributed by atoms with E-state index in [1.165, 1.54) is 27.4 Å². The zero-order valence-electron chi connectivity index (χ0n) is 19.7. The van der Waals surface area contributed by atoms with Crippen LogP contribution in [-0.2, 0) is 11.2 Å². The van der Waals surface area contributed by atoms with Gasteiger partial charge >= 0.3 is 0 Å². The Balaban J connectivity index is 1.46. The maximum absolute atomic E-state index is 12.5. The Morgan fingerprint density at radius 2 is 1.85 bits per heavy atom. The largest absolute Gasteiger partial charge is 0.325 e. The number of carbonyl (C=O) groups is 1. The van der Waals surface area contributed by atoms with Crippen molar-refractivity contribution in [1.29, 1.82) is 0 Å². The predicted molar refractivity (Wildman–Crippen MR) is 138 cm³/mol. The minimum Gasteiger partial charge on any atom is -0.325 e. The predicted octanol–water partition coefficient (Wildman–Crippen LogP) is 5.28. The van der Waals surface area contributed by atoms with E-state index in [1.807, 2.05) is 36.4 Å². The molecule has 4 rings (SSSR count). The van der Waals surface area contributed by atoms with Gasteiger partial charge in [-0.3, -0.25) is 9.59 Å². The van der Waals surface area contributed by atoms with Gasteiger partial charge in [0.2, 0.25) is 11.1 Å². The van der Waals surface area contributed by atoms with E-state index >= 15 is 0 Å². The molecule has 2 heterocycles. The van der Waals surface area contributed by atoms with Gasteiger partial charge in [-0.15, -0.1) is 5.10 Å². The Morgan fingerprint density at radius 3 is 2.53 bits per heavy atom. The van der Waals surface area contributed by atoms with E-state index in [9.17, 15) is 9.59 Å². The van der Waals surface area contributed by atoms with Gasteiger partial charge in [0.25, 0.3) is 5.56 Å². The fourth-order valence-electron chi connectivity index (χ4n) is 3.63. The highest BCUT2D eigenvalue weighted by Crippen LogP contribution is 2.24. The summed E-state index contributed by atoms with van der Waals surface area (Å²) in [4.78, 5) is 24.8. The van der Waals surface area contributed by atoms with Crippen molar-refractivity contribution in [2.45, 2.75) is 51.1 Å². The first-order valence-corrected chi connectivity index (χ1v) is 12.5. The van der Waals surface area contributed by atoms with Crippen LogP contribution in [0.5, 0.6) is 0 Å². The molecule has 0 spiro atoms. The SMILES string of the molecule is CCCCc1ccc(NC(=O)CSc2n[nH]c(=O)c3cc(-c4ccc(C(C)C)cc4)nn23)cc1. The maximum atomic E-state index is 12.5. The number of fused-ring (bicyclic) bond motifs is 1. The highest BCUT2D eigenvalue weighted by Gasteiger charge is 2.14. The fourth-order valence-corrected chi connectivity index (χ4v) is 4.33. The molecule has 176 valence electrons. The first-order valence-electron chi connectivity index (χ1n) is 11.5. The van der Waals surface area contributed by atoms with Gasteiger partial charge in [0.1, 0.15) is 5.52 Å². The van der Waals surface area contributed by atoms with Gasteiger partial charge in [-0.2, -0.15) is 5.10 Å². The number of thioether (sulfide) groups is 1. The number of benzene rings is 2. The third kappa shape index (κ3) is 5.56. The molecule has 0 atom stereocenters. The van der Waals surface area contributed by atoms with Crippen molar-refractivity contribution in [3.05, 3.63) is 76.1 Å². The summed E-state index contributed by atoms with van der Waals surface area (Å²) < 4.78 is 1.50. The van der Waals surface area contributed by atoms with Crippen LogP contribution in [-0.4, -0.2) is 31.5 Å². The van der Waals surface area contributed by atoms with Crippen molar-refractivity contribution in [3.8, 4) is 11.3 Å². The molecular formula is C26H29N5O2S. The van der Waals surface area contributed by atoms with Crippen molar-refractivity contribution < 1.29 is 4.79 Å². The Kier molecular flexibility index (Phi) is 7.47. The molecule has 7 nitrogen and oxygen atoms in total. The molecule has 0 bridgehead atoms. The molecule has 1 amide bonds. The van der Waals surface area contributed by atoms with Crippen molar-refractivity contribution in [2.75, 3.05) is 11.1 Å². The second-order valence-corrected chi connectivity index (χ2v) is 9.52. The number of amides is 1. The Hall–Kier alpha value is -3.39. The van der Waals surface area contributed by atoms with Crippen LogP contribution in [0.15, 0.2) is 64.5 Å². The summed E-state index contributed by atoms with van der Waals surface area (Å²) in [5, 5.41) is 14.6. The molecule has 0 saturated heterocycles. The number of carbonyl (C=O) groups excluding carboxylic acids is 1. The molecule has 0 aliphatic carbocycles. The van der Waals surface area contributed by atoms with Crippen molar-refractivity contribution in [3.63, 3.8) is 0 Å². The lowest BCUT2D eigenvalue weighted by atomic mass is 10.0. The van der Waals surface area contributed by atoms with Gasteiger partial charge in [-0.05, 0) is 48.1 Å². The fraction of sp³-hybridized carbons (Fsp3) is 0.308. The Labute approximate surface area is 203 Å². The van der Waals surface area contributed by atoms with Gasteiger partial charge in [0.15, 0.2) is 0 Å². The average Bonchev–Trinajstić information content (AvgIpc) is 3.30. The summed E-state index contributed by atoms with van der Waals surface area (Å²) in [5.41, 5.74) is 4.94. The van der Waals surface area contributed by atoms with E-state index in [-0.39, 0.29) is 17.2 Å². The van der Waals surface area contributed by atoms with Crippen LogP contribution in [0.1, 0.15) is 50.7 Å². The van der Waals surface area contributed by atoms with Gasteiger partial charge < -0.3 is 5.32 Å². The molecule has 0 fully saturated rings. The van der Waals surface area contributed by atoms with Crippen LogP contribution in [0.4, 0.5) is 5.69 Å². The minimum absolute atomic E-state index is 0.143. The first kappa shape index (κ1) is 23.8. The number of unbranched alkanes of at least 4 members (excludes halogenated alkanes) is 1. The molecule has 2 aromatic carbocycles. The number of nitrogens with zero attached hydrogens (tertiary/aromatic N) is 3. The van der Waals surface area contributed by atoms with Crippen molar-refractivity contribution in [2.24, 2.45) is 0 Å². The van der Waals surface area contributed by atoms with Crippen LogP contribution in [0, 0.1) is 0 Å². The molecule has 0 saturated carbocycles. The van der Waals surface area contributed by atoms with Crippen molar-refractivity contribution >= 4 is 28.9 Å². The van der Waals surface area contributed by atoms with E-state index in [4.69, 9.17) is 0 Å². The maximum Gasteiger partial charge on any atom is 0.290 e. The lowest BCUT2D eigenvalue weighted by Gasteiger charge is -2.07. The van der Waals surface area contributed by atoms with Gasteiger partial charge in [-0.1, -0.05) is 75.4 Å². The highest BCUT2D eigenvalue weighted by molar-refractivity contribution is 7.99. The van der Waals surface area contributed by atoms with Gasteiger partial charge in [0.05, 0.1) is 11.4 Å². The summed E-state index contributed by atoms with van der Waals surface area (Å²) in [6, 6.07) is 17.8. The number of H-pyrrole nitrogens is 1. The summed E-state index contributed by atoms with van der Waals surface area (Å²) in [7, 11) is 0. The van der Waals surface area contributed by atoms with E-state index < -0.39 is 0 Å². The quantitative estimate of drug-likeness (QED) is 0.321. The van der Waals surface area contributed by atoms with Gasteiger partial charge in [0, 0.05) is 11.3 Å². The summed E-state index contributed by atoms with van der Waals surface area (Å²) >= 11 is 1.22. The van der Waals surface area contributed by atoms with Crippen LogP contribution >= 0.6 is 11.8 Å². The molecule has 4 aromatic rings. The number of hydrogen-bond donors (Lipinski definition) is 2. The van der Waals surface area contributed by atoms with E-state index in [0.29, 0.717) is 22.3 Å². The number of rotatable bonds is 9. The third-order valence-corrected chi connectivity index (χ3v) is 6.57.